The molecule has 3 nitrogen and oxygen atoms in total. The van der Waals surface area contributed by atoms with Gasteiger partial charge in [-0.15, -0.1) is 0 Å². The summed E-state index contributed by atoms with van der Waals surface area (Å²) in [5.74, 6) is 0. The normalized spacial score (nSPS) is 16.2. The minimum absolute atomic E-state index is 0.159. The summed E-state index contributed by atoms with van der Waals surface area (Å²) in [5, 5.41) is 4.54. The fraction of sp³-hybridized carbons (Fsp3) is 0.438. The summed E-state index contributed by atoms with van der Waals surface area (Å²) in [4.78, 5) is 4.36. The topological polar surface area (TPSA) is 34.1 Å². The number of nitrogens with zero attached hydrogens (tertiary/aromatic N) is 1. The molecule has 0 radical (unpaired) electrons. The van der Waals surface area contributed by atoms with Gasteiger partial charge in [-0.1, -0.05) is 19.1 Å². The van der Waals surface area contributed by atoms with Gasteiger partial charge < -0.3 is 10.1 Å². The summed E-state index contributed by atoms with van der Waals surface area (Å²) in [6, 6.07) is 10.6. The van der Waals surface area contributed by atoms with Crippen LogP contribution in [-0.2, 0) is 4.74 Å². The molecule has 0 saturated heterocycles. The molecule has 0 spiro atoms. The second kappa shape index (κ2) is 5.68. The molecule has 19 heavy (non-hydrogen) atoms. The third-order valence-corrected chi connectivity index (χ3v) is 4.03. The van der Waals surface area contributed by atoms with Gasteiger partial charge in [-0.05, 0) is 44.2 Å². The molecule has 1 heterocycles. The first-order chi connectivity index (χ1) is 9.14. The van der Waals surface area contributed by atoms with Gasteiger partial charge in [0.1, 0.15) is 0 Å². The molecule has 102 valence electrons. The zero-order chi connectivity index (χ0) is 13.9. The molecule has 1 N–H and O–H groups in total. The van der Waals surface area contributed by atoms with Crippen molar-refractivity contribution in [1.29, 1.82) is 0 Å². The molecule has 3 heteroatoms. The Bertz CT molecular complexity index is 549. The number of benzene rings is 1. The molecule has 2 rings (SSSR count). The molecule has 1 aromatic carbocycles. The number of fused-ring (bicyclic) bond motifs is 1. The highest BCUT2D eigenvalue weighted by atomic mass is 16.5. The van der Waals surface area contributed by atoms with Crippen LogP contribution in [-0.4, -0.2) is 24.7 Å². The van der Waals surface area contributed by atoms with Crippen molar-refractivity contribution in [3.63, 3.8) is 0 Å². The van der Waals surface area contributed by atoms with Crippen molar-refractivity contribution < 1.29 is 4.74 Å². The summed E-state index contributed by atoms with van der Waals surface area (Å²) < 4.78 is 5.73. The van der Waals surface area contributed by atoms with E-state index in [2.05, 4.69) is 48.4 Å². The number of methoxy groups -OCH3 is 1. The lowest BCUT2D eigenvalue weighted by atomic mass is 9.87. The van der Waals surface area contributed by atoms with Gasteiger partial charge in [0.25, 0.3) is 0 Å². The lowest BCUT2D eigenvalue weighted by Gasteiger charge is -2.36. The number of aromatic nitrogens is 1. The molecule has 2 atom stereocenters. The molecule has 0 bridgehead atoms. The zero-order valence-corrected chi connectivity index (χ0v) is 12.1. The SMILES string of the molecule is CCC(C)(OC)C(NC)c1ccc2ncccc2c1. The van der Waals surface area contributed by atoms with Crippen molar-refractivity contribution in [1.82, 2.24) is 10.3 Å². The largest absolute Gasteiger partial charge is 0.377 e. The van der Waals surface area contributed by atoms with Crippen molar-refractivity contribution in [3.8, 4) is 0 Å². The van der Waals surface area contributed by atoms with Crippen molar-refractivity contribution in [2.75, 3.05) is 14.2 Å². The Balaban J connectivity index is 2.46. The standard InChI is InChI=1S/C16H22N2O/c1-5-16(2,19-4)15(17-3)13-8-9-14-12(11-13)7-6-10-18-14/h6-11,15,17H,5H2,1-4H3. The fourth-order valence-electron chi connectivity index (χ4n) is 2.56. The molecule has 0 saturated carbocycles. The minimum Gasteiger partial charge on any atom is -0.377 e. The van der Waals surface area contributed by atoms with Crippen LogP contribution in [0, 0.1) is 0 Å². The van der Waals surface area contributed by atoms with E-state index in [0.717, 1.165) is 17.3 Å². The van der Waals surface area contributed by atoms with Crippen molar-refractivity contribution >= 4 is 10.9 Å². The van der Waals surface area contributed by atoms with Crippen LogP contribution in [0.2, 0.25) is 0 Å². The van der Waals surface area contributed by atoms with Crippen molar-refractivity contribution in [2.45, 2.75) is 31.9 Å². The zero-order valence-electron chi connectivity index (χ0n) is 12.1. The summed E-state index contributed by atoms with van der Waals surface area (Å²) in [6.45, 7) is 4.29. The Kier molecular flexibility index (Phi) is 4.17. The molecule has 1 aromatic heterocycles. The maximum Gasteiger partial charge on any atom is 0.0841 e. The number of nitrogens with one attached hydrogen (secondary N) is 1. The lowest BCUT2D eigenvalue weighted by Crippen LogP contribution is -2.41. The summed E-state index contributed by atoms with van der Waals surface area (Å²) in [5.41, 5.74) is 2.04. The highest BCUT2D eigenvalue weighted by Crippen LogP contribution is 2.32. The molecule has 0 aliphatic heterocycles. The van der Waals surface area contributed by atoms with Crippen molar-refractivity contribution in [3.05, 3.63) is 42.1 Å². The van der Waals surface area contributed by atoms with Gasteiger partial charge in [0.05, 0.1) is 17.2 Å². The van der Waals surface area contributed by atoms with Gasteiger partial charge in [0.15, 0.2) is 0 Å². The molecule has 2 aromatic rings. The van der Waals surface area contributed by atoms with Gasteiger partial charge in [-0.25, -0.2) is 0 Å². The minimum atomic E-state index is -0.218. The quantitative estimate of drug-likeness (QED) is 0.893. The average Bonchev–Trinajstić information content (AvgIpc) is 2.47. The summed E-state index contributed by atoms with van der Waals surface area (Å²) >= 11 is 0. The van der Waals surface area contributed by atoms with Crippen LogP contribution in [0.5, 0.6) is 0 Å². The fourth-order valence-corrected chi connectivity index (χ4v) is 2.56. The Morgan fingerprint density at radius 3 is 2.79 bits per heavy atom. The molecule has 0 aliphatic carbocycles. The first kappa shape index (κ1) is 14.0. The third kappa shape index (κ3) is 2.62. The number of hydrogen-bond acceptors (Lipinski definition) is 3. The van der Waals surface area contributed by atoms with Crippen LogP contribution >= 0.6 is 0 Å². The van der Waals surface area contributed by atoms with Crippen LogP contribution in [0.25, 0.3) is 10.9 Å². The first-order valence-corrected chi connectivity index (χ1v) is 6.71. The first-order valence-electron chi connectivity index (χ1n) is 6.71. The number of likely N-dealkylation sites (N-methyl/N-ethyl adjacent to an activating group) is 1. The van der Waals surface area contributed by atoms with Gasteiger partial charge in [-0.3, -0.25) is 4.98 Å². The highest BCUT2D eigenvalue weighted by Gasteiger charge is 2.32. The summed E-state index contributed by atoms with van der Waals surface area (Å²) in [7, 11) is 3.75. The maximum absolute atomic E-state index is 5.73. The van der Waals surface area contributed by atoms with E-state index in [9.17, 15) is 0 Å². The molecule has 2 unspecified atom stereocenters. The van der Waals surface area contributed by atoms with Crippen LogP contribution < -0.4 is 5.32 Å². The van der Waals surface area contributed by atoms with Gasteiger partial charge in [0, 0.05) is 18.7 Å². The van der Waals surface area contributed by atoms with Crippen LogP contribution in [0.15, 0.2) is 36.5 Å². The third-order valence-electron chi connectivity index (χ3n) is 4.03. The lowest BCUT2D eigenvalue weighted by molar-refractivity contribution is -0.0280. The Morgan fingerprint density at radius 1 is 1.37 bits per heavy atom. The maximum atomic E-state index is 5.73. The molecule has 0 amide bonds. The Morgan fingerprint density at radius 2 is 2.16 bits per heavy atom. The number of hydrogen-bond donors (Lipinski definition) is 1. The van der Waals surface area contributed by atoms with E-state index < -0.39 is 0 Å². The Hall–Kier alpha value is -1.45. The molecular formula is C16H22N2O. The van der Waals surface area contributed by atoms with Gasteiger partial charge in [-0.2, -0.15) is 0 Å². The van der Waals surface area contributed by atoms with Crippen LogP contribution in [0.4, 0.5) is 0 Å². The van der Waals surface area contributed by atoms with E-state index >= 15 is 0 Å². The number of ether oxygens (including phenoxy) is 1. The van der Waals surface area contributed by atoms with Crippen LogP contribution in [0.1, 0.15) is 31.9 Å². The summed E-state index contributed by atoms with van der Waals surface area (Å²) in [6.07, 6.45) is 2.77. The number of rotatable bonds is 5. The molecular weight excluding hydrogens is 236 g/mol. The van der Waals surface area contributed by atoms with E-state index in [-0.39, 0.29) is 11.6 Å². The average molecular weight is 258 g/mol. The highest BCUT2D eigenvalue weighted by molar-refractivity contribution is 5.79. The molecule has 0 aliphatic rings. The van der Waals surface area contributed by atoms with E-state index in [1.807, 2.05) is 19.3 Å². The second-order valence-corrected chi connectivity index (χ2v) is 5.05. The predicted octanol–water partition coefficient (Wildman–Crippen LogP) is 3.31. The van der Waals surface area contributed by atoms with E-state index in [0.29, 0.717) is 0 Å². The van der Waals surface area contributed by atoms with Gasteiger partial charge in [0.2, 0.25) is 0 Å². The van der Waals surface area contributed by atoms with E-state index in [4.69, 9.17) is 4.74 Å². The predicted molar refractivity (Wildman–Crippen MR) is 79.2 cm³/mol. The monoisotopic (exact) mass is 258 g/mol. The van der Waals surface area contributed by atoms with Crippen molar-refractivity contribution in [2.24, 2.45) is 0 Å². The van der Waals surface area contributed by atoms with Crippen LogP contribution in [0.3, 0.4) is 0 Å². The van der Waals surface area contributed by atoms with Gasteiger partial charge >= 0.3 is 0 Å². The van der Waals surface area contributed by atoms with E-state index in [1.54, 1.807) is 7.11 Å². The Labute approximate surface area is 115 Å². The second-order valence-electron chi connectivity index (χ2n) is 5.05. The molecule has 0 fully saturated rings. The smallest absolute Gasteiger partial charge is 0.0841 e. The van der Waals surface area contributed by atoms with E-state index in [1.165, 1.54) is 5.56 Å². The number of pyridine rings is 1.